The average Bonchev–Trinajstić information content (AvgIpc) is 2.75. The van der Waals surface area contributed by atoms with Gasteiger partial charge >= 0.3 is 0 Å². The first-order valence-electron chi connectivity index (χ1n) is 5.13. The van der Waals surface area contributed by atoms with Crippen LogP contribution < -0.4 is 10.6 Å². The van der Waals surface area contributed by atoms with Gasteiger partial charge in [0.15, 0.2) is 0 Å². The molecular weight excluding hydrogens is 266 g/mol. The Morgan fingerprint density at radius 1 is 1.53 bits per heavy atom. The standard InChI is InChI=1S/C11H12ClFN2O.ClH/c12-8-1-2-10(9(13)5-8)15-11(16)7-3-4-14-6-7;/h1-2,5,7,14H,3-4,6H2,(H,15,16);1H. The number of halogens is 3. The van der Waals surface area contributed by atoms with Gasteiger partial charge in [-0.15, -0.1) is 12.4 Å². The predicted octanol–water partition coefficient (Wildman–Crippen LogP) is 2.45. The second kappa shape index (κ2) is 6.19. The summed E-state index contributed by atoms with van der Waals surface area (Å²) in [6.07, 6.45) is 0.793. The topological polar surface area (TPSA) is 41.1 Å². The maximum absolute atomic E-state index is 13.4. The number of carbonyl (C=O) groups is 1. The van der Waals surface area contributed by atoms with Crippen LogP contribution in [0.4, 0.5) is 10.1 Å². The molecule has 1 aromatic carbocycles. The van der Waals surface area contributed by atoms with Crippen LogP contribution in [0.5, 0.6) is 0 Å². The zero-order valence-corrected chi connectivity index (χ0v) is 10.6. The molecule has 2 rings (SSSR count). The molecule has 1 fully saturated rings. The molecule has 1 unspecified atom stereocenters. The van der Waals surface area contributed by atoms with Gasteiger partial charge in [0.25, 0.3) is 0 Å². The van der Waals surface area contributed by atoms with E-state index in [2.05, 4.69) is 10.6 Å². The van der Waals surface area contributed by atoms with Crippen LogP contribution in [0.2, 0.25) is 5.02 Å². The fourth-order valence-electron chi connectivity index (χ4n) is 1.70. The zero-order chi connectivity index (χ0) is 11.5. The third kappa shape index (κ3) is 3.56. The zero-order valence-electron chi connectivity index (χ0n) is 9.00. The number of amides is 1. The van der Waals surface area contributed by atoms with E-state index in [4.69, 9.17) is 11.6 Å². The number of carbonyl (C=O) groups excluding carboxylic acids is 1. The van der Waals surface area contributed by atoms with Crippen molar-refractivity contribution >= 4 is 35.6 Å². The average molecular weight is 279 g/mol. The van der Waals surface area contributed by atoms with Gasteiger partial charge in [0, 0.05) is 11.6 Å². The molecule has 0 aromatic heterocycles. The Labute approximate surface area is 110 Å². The summed E-state index contributed by atoms with van der Waals surface area (Å²) < 4.78 is 13.4. The van der Waals surface area contributed by atoms with Gasteiger partial charge in [0.1, 0.15) is 5.82 Å². The molecule has 0 saturated carbocycles. The second-order valence-corrected chi connectivity index (χ2v) is 4.24. The van der Waals surface area contributed by atoms with Gasteiger partial charge < -0.3 is 10.6 Å². The lowest BCUT2D eigenvalue weighted by Crippen LogP contribution is -2.25. The Kier molecular flexibility index (Phi) is 5.18. The molecule has 0 bridgehead atoms. The van der Waals surface area contributed by atoms with Crippen molar-refractivity contribution in [2.45, 2.75) is 6.42 Å². The van der Waals surface area contributed by atoms with E-state index in [-0.39, 0.29) is 29.9 Å². The van der Waals surface area contributed by atoms with Crippen molar-refractivity contribution in [2.75, 3.05) is 18.4 Å². The molecule has 1 aliphatic heterocycles. The van der Waals surface area contributed by atoms with Gasteiger partial charge in [0.2, 0.25) is 5.91 Å². The first-order chi connectivity index (χ1) is 7.66. The lowest BCUT2D eigenvalue weighted by molar-refractivity contribution is -0.119. The van der Waals surface area contributed by atoms with Crippen LogP contribution in [0.3, 0.4) is 0 Å². The molecule has 1 amide bonds. The maximum Gasteiger partial charge on any atom is 0.228 e. The molecule has 3 nitrogen and oxygen atoms in total. The summed E-state index contributed by atoms with van der Waals surface area (Å²) in [5.41, 5.74) is 0.182. The summed E-state index contributed by atoms with van der Waals surface area (Å²) in [6.45, 7) is 1.49. The monoisotopic (exact) mass is 278 g/mol. The fraction of sp³-hybridized carbons (Fsp3) is 0.364. The van der Waals surface area contributed by atoms with Crippen LogP contribution in [0.15, 0.2) is 18.2 Å². The summed E-state index contributed by atoms with van der Waals surface area (Å²) in [5, 5.41) is 5.97. The summed E-state index contributed by atoms with van der Waals surface area (Å²) in [5.74, 6) is -0.729. The number of rotatable bonds is 2. The lowest BCUT2D eigenvalue weighted by Gasteiger charge is -2.10. The molecule has 1 aliphatic rings. The molecule has 0 aliphatic carbocycles. The molecule has 0 spiro atoms. The molecule has 1 saturated heterocycles. The van der Waals surface area contributed by atoms with Crippen molar-refractivity contribution in [3.63, 3.8) is 0 Å². The van der Waals surface area contributed by atoms with E-state index in [0.717, 1.165) is 13.0 Å². The first kappa shape index (κ1) is 14.2. The molecule has 2 N–H and O–H groups in total. The van der Waals surface area contributed by atoms with Crippen molar-refractivity contribution in [3.05, 3.63) is 29.0 Å². The van der Waals surface area contributed by atoms with E-state index >= 15 is 0 Å². The van der Waals surface area contributed by atoms with Crippen LogP contribution in [0, 0.1) is 11.7 Å². The lowest BCUT2D eigenvalue weighted by atomic mass is 10.1. The largest absolute Gasteiger partial charge is 0.323 e. The van der Waals surface area contributed by atoms with Crippen LogP contribution in [0.1, 0.15) is 6.42 Å². The van der Waals surface area contributed by atoms with E-state index < -0.39 is 5.82 Å². The van der Waals surface area contributed by atoms with Gasteiger partial charge in [-0.1, -0.05) is 11.6 Å². The molecule has 1 atom stereocenters. The Bertz CT molecular complexity index is 408. The van der Waals surface area contributed by atoms with E-state index in [9.17, 15) is 9.18 Å². The molecule has 94 valence electrons. The van der Waals surface area contributed by atoms with Crippen molar-refractivity contribution in [1.82, 2.24) is 5.32 Å². The highest BCUT2D eigenvalue weighted by atomic mass is 35.5. The van der Waals surface area contributed by atoms with Gasteiger partial charge in [-0.3, -0.25) is 4.79 Å². The molecule has 1 aromatic rings. The minimum Gasteiger partial charge on any atom is -0.323 e. The Morgan fingerprint density at radius 3 is 2.88 bits per heavy atom. The van der Waals surface area contributed by atoms with E-state index in [1.807, 2.05) is 0 Å². The van der Waals surface area contributed by atoms with Crippen LogP contribution in [-0.2, 0) is 4.79 Å². The predicted molar refractivity (Wildman–Crippen MR) is 68.3 cm³/mol. The van der Waals surface area contributed by atoms with E-state index in [1.165, 1.54) is 12.1 Å². The van der Waals surface area contributed by atoms with Crippen LogP contribution in [-0.4, -0.2) is 19.0 Å². The summed E-state index contributed by atoms with van der Waals surface area (Å²) >= 11 is 5.62. The Balaban J connectivity index is 0.00000144. The van der Waals surface area contributed by atoms with Gasteiger partial charge in [-0.25, -0.2) is 4.39 Å². The van der Waals surface area contributed by atoms with Crippen molar-refractivity contribution in [2.24, 2.45) is 5.92 Å². The highest BCUT2D eigenvalue weighted by Gasteiger charge is 2.22. The number of anilines is 1. The maximum atomic E-state index is 13.4. The molecule has 6 heteroatoms. The molecule has 1 heterocycles. The van der Waals surface area contributed by atoms with Gasteiger partial charge in [-0.2, -0.15) is 0 Å². The van der Waals surface area contributed by atoms with E-state index in [1.54, 1.807) is 6.07 Å². The summed E-state index contributed by atoms with van der Waals surface area (Å²) in [6, 6.07) is 4.20. The summed E-state index contributed by atoms with van der Waals surface area (Å²) in [7, 11) is 0. The number of nitrogens with one attached hydrogen (secondary N) is 2. The van der Waals surface area contributed by atoms with E-state index in [0.29, 0.717) is 11.6 Å². The number of benzene rings is 1. The number of hydrogen-bond donors (Lipinski definition) is 2. The van der Waals surface area contributed by atoms with Crippen LogP contribution in [0.25, 0.3) is 0 Å². The highest BCUT2D eigenvalue weighted by Crippen LogP contribution is 2.20. The van der Waals surface area contributed by atoms with Gasteiger partial charge in [0.05, 0.1) is 11.6 Å². The second-order valence-electron chi connectivity index (χ2n) is 3.80. The normalized spacial score (nSPS) is 18.6. The third-order valence-corrected chi connectivity index (χ3v) is 2.86. The SMILES string of the molecule is Cl.O=C(Nc1ccc(Cl)cc1F)C1CCNC1. The third-order valence-electron chi connectivity index (χ3n) is 2.62. The fourth-order valence-corrected chi connectivity index (χ4v) is 1.86. The molecular formula is C11H13Cl2FN2O. The van der Waals surface area contributed by atoms with Crippen molar-refractivity contribution in [1.29, 1.82) is 0 Å². The Hall–Kier alpha value is -0.840. The van der Waals surface area contributed by atoms with Gasteiger partial charge in [-0.05, 0) is 31.2 Å². The molecule has 17 heavy (non-hydrogen) atoms. The first-order valence-corrected chi connectivity index (χ1v) is 5.51. The van der Waals surface area contributed by atoms with Crippen LogP contribution >= 0.6 is 24.0 Å². The van der Waals surface area contributed by atoms with Crippen molar-refractivity contribution in [3.8, 4) is 0 Å². The smallest absolute Gasteiger partial charge is 0.228 e. The summed E-state index contributed by atoms with van der Waals surface area (Å²) in [4.78, 5) is 11.7. The van der Waals surface area contributed by atoms with Crippen molar-refractivity contribution < 1.29 is 9.18 Å². The molecule has 0 radical (unpaired) electrons. The minimum absolute atomic E-state index is 0. The Morgan fingerprint density at radius 2 is 2.29 bits per heavy atom. The number of hydrogen-bond acceptors (Lipinski definition) is 2. The highest BCUT2D eigenvalue weighted by molar-refractivity contribution is 6.30. The minimum atomic E-state index is -0.508. The quantitative estimate of drug-likeness (QED) is 0.873.